The Hall–Kier alpha value is 3.40. The van der Waals surface area contributed by atoms with Crippen LogP contribution in [0, 0.1) is 0 Å². The van der Waals surface area contributed by atoms with Crippen LogP contribution in [0.5, 0.6) is 0 Å². The third-order valence-electron chi connectivity index (χ3n) is 0. The minimum absolute atomic E-state index is 0. The first-order valence-corrected chi connectivity index (χ1v) is 5.46. The van der Waals surface area contributed by atoms with Crippen molar-refractivity contribution in [2.24, 2.45) is 0 Å². The van der Waals surface area contributed by atoms with Crippen LogP contribution >= 0.6 is 0 Å². The van der Waals surface area contributed by atoms with Crippen molar-refractivity contribution in [2.75, 3.05) is 0 Å². The van der Waals surface area contributed by atoms with Gasteiger partial charge >= 0.3 is 134 Å². The molecule has 6 nitrogen and oxygen atoms in total. The van der Waals surface area contributed by atoms with E-state index in [9.17, 15) is 0 Å². The van der Waals surface area contributed by atoms with E-state index < -0.39 is 16.7 Å². The Bertz CT molecular complexity index is 94.2. The van der Waals surface area contributed by atoms with E-state index in [0.717, 1.165) is 0 Å². The van der Waals surface area contributed by atoms with E-state index in [1.54, 1.807) is 0 Å². The summed E-state index contributed by atoms with van der Waals surface area (Å²) in [4.78, 5) is 0. The zero-order chi connectivity index (χ0) is 4.50. The Morgan fingerprint density at radius 1 is 0.889 bits per heavy atom. The van der Waals surface area contributed by atoms with Crippen LogP contribution in [0.15, 0.2) is 0 Å². The predicted octanol–water partition coefficient (Wildman–Crippen LogP) is -10.3. The number of hydrogen-bond acceptors (Lipinski definition) is 4. The number of rotatable bonds is 0. The third-order valence-corrected chi connectivity index (χ3v) is 0. The minimum atomic E-state index is -6.17. The topological polar surface area (TPSA) is 143 Å². The molecule has 0 atom stereocenters. The first-order chi connectivity index (χ1) is 2.00. The van der Waals surface area contributed by atoms with Crippen LogP contribution in [0.4, 0.5) is 0 Å². The van der Waals surface area contributed by atoms with Gasteiger partial charge in [0.05, 0.1) is 0 Å². The molecule has 0 saturated carbocycles. The van der Waals surface area contributed by atoms with Crippen molar-refractivity contribution < 1.29 is 145 Å². The Labute approximate surface area is 141 Å². The molecule has 9 heteroatoms. The molecule has 0 spiro atoms. The van der Waals surface area contributed by atoms with E-state index in [4.69, 9.17) is 14.3 Å². The normalized spacial score (nSPS) is 6.44. The molecule has 0 rings (SSSR count). The van der Waals surface area contributed by atoms with Gasteiger partial charge in [-0.2, -0.15) is 0 Å². The molecule has 0 amide bonds. The van der Waals surface area contributed by atoms with Gasteiger partial charge in [0.1, 0.15) is 0 Å². The van der Waals surface area contributed by atoms with Crippen LogP contribution < -0.4 is 110 Å². The van der Waals surface area contributed by atoms with Crippen molar-refractivity contribution in [1.82, 2.24) is 0 Å². The Balaban J connectivity index is -0.0000000133. The fraction of sp³-hybridized carbons (Fsp3) is 0. The second-order valence-corrected chi connectivity index (χ2v) is 3.34. The summed E-state index contributed by atoms with van der Waals surface area (Å²) in [6.07, 6.45) is 0. The maximum atomic E-state index is 8.65. The van der Waals surface area contributed by atoms with Gasteiger partial charge in [-0.3, -0.25) is 0 Å². The van der Waals surface area contributed by atoms with Gasteiger partial charge in [0.2, 0.25) is 0 Å². The standard InChI is InChI=1S/2K.2H2O.4O.W/h;;2*1H2;;;;;/q2*+1;;;;;2*-1;. The Morgan fingerprint density at radius 3 is 0.889 bits per heavy atom. The molecule has 0 aromatic carbocycles. The molecule has 0 unspecified atom stereocenters. The van der Waals surface area contributed by atoms with Crippen molar-refractivity contribution in [1.29, 1.82) is 0 Å². The third kappa shape index (κ3) is 87.1. The van der Waals surface area contributed by atoms with Crippen molar-refractivity contribution in [3.63, 3.8) is 0 Å². The predicted molar refractivity (Wildman–Crippen MR) is 8.60 cm³/mol. The molecular weight excluding hydrogens is 358 g/mol. The van der Waals surface area contributed by atoms with Crippen molar-refractivity contribution in [2.45, 2.75) is 0 Å². The van der Waals surface area contributed by atoms with Crippen LogP contribution in [0.25, 0.3) is 0 Å². The summed E-state index contributed by atoms with van der Waals surface area (Å²) in [6.45, 7) is 0. The fourth-order valence-corrected chi connectivity index (χ4v) is 0. The second kappa shape index (κ2) is 14.0. The summed E-state index contributed by atoms with van der Waals surface area (Å²) in [7, 11) is 0. The first kappa shape index (κ1) is 29.4. The first-order valence-electron chi connectivity index (χ1n) is 0.667. The van der Waals surface area contributed by atoms with E-state index in [1.165, 1.54) is 0 Å². The molecule has 0 aliphatic rings. The summed E-state index contributed by atoms with van der Waals surface area (Å²) in [5, 5.41) is 0. The van der Waals surface area contributed by atoms with Gasteiger partial charge in [0.25, 0.3) is 0 Å². The quantitative estimate of drug-likeness (QED) is 0.394. The van der Waals surface area contributed by atoms with Gasteiger partial charge < -0.3 is 11.0 Å². The van der Waals surface area contributed by atoms with E-state index in [1.807, 2.05) is 0 Å². The van der Waals surface area contributed by atoms with Gasteiger partial charge in [-0.1, -0.05) is 0 Å². The van der Waals surface area contributed by atoms with Crippen LogP contribution in [0.2, 0.25) is 0 Å². The summed E-state index contributed by atoms with van der Waals surface area (Å²) in [5.41, 5.74) is 0. The summed E-state index contributed by atoms with van der Waals surface area (Å²) < 4.78 is 34.6. The molecule has 0 bridgehead atoms. The maximum absolute atomic E-state index is 8.65. The van der Waals surface area contributed by atoms with Gasteiger partial charge in [0.15, 0.2) is 0 Å². The monoisotopic (exact) mass is 362 g/mol. The van der Waals surface area contributed by atoms with Gasteiger partial charge in [-0.05, 0) is 0 Å². The molecule has 0 aromatic heterocycles. The summed E-state index contributed by atoms with van der Waals surface area (Å²) in [5.74, 6) is 0. The molecule has 0 heterocycles. The van der Waals surface area contributed by atoms with Gasteiger partial charge in [0, 0.05) is 0 Å². The zero-order valence-electron chi connectivity index (χ0n) is 5.04. The van der Waals surface area contributed by atoms with Crippen molar-refractivity contribution >= 4 is 0 Å². The summed E-state index contributed by atoms with van der Waals surface area (Å²) >= 11 is -6.17. The molecular formula is H4K2O6W. The SMILES string of the molecule is O.O.[K+].[K+].[O]=[W](=[O])([O-])[O-]. The van der Waals surface area contributed by atoms with E-state index in [2.05, 4.69) is 0 Å². The molecule has 9 heavy (non-hydrogen) atoms. The molecule has 48 valence electrons. The van der Waals surface area contributed by atoms with E-state index in [-0.39, 0.29) is 114 Å². The van der Waals surface area contributed by atoms with Crippen LogP contribution in [-0.4, -0.2) is 11.0 Å². The Kier molecular flexibility index (Phi) is 45.6. The molecule has 0 aliphatic carbocycles. The second-order valence-electron chi connectivity index (χ2n) is 0.408. The average Bonchev–Trinajstić information content (AvgIpc) is 0.722. The molecule has 0 aromatic rings. The van der Waals surface area contributed by atoms with Gasteiger partial charge in [-0.15, -0.1) is 0 Å². The molecule has 0 radical (unpaired) electrons. The Morgan fingerprint density at radius 2 is 0.889 bits per heavy atom. The molecule has 0 aliphatic heterocycles. The van der Waals surface area contributed by atoms with Crippen LogP contribution in [0.3, 0.4) is 0 Å². The summed E-state index contributed by atoms with van der Waals surface area (Å²) in [6, 6.07) is 0. The fourth-order valence-electron chi connectivity index (χ4n) is 0. The van der Waals surface area contributed by atoms with E-state index in [0.29, 0.717) is 0 Å². The van der Waals surface area contributed by atoms with Gasteiger partial charge in [-0.25, -0.2) is 0 Å². The molecule has 0 fully saturated rings. The zero-order valence-corrected chi connectivity index (χ0v) is 14.2. The van der Waals surface area contributed by atoms with E-state index >= 15 is 0 Å². The molecule has 4 N–H and O–H groups in total. The van der Waals surface area contributed by atoms with Crippen molar-refractivity contribution in [3.05, 3.63) is 0 Å². The van der Waals surface area contributed by atoms with Crippen LogP contribution in [0.1, 0.15) is 0 Å². The van der Waals surface area contributed by atoms with Crippen LogP contribution in [-0.2, 0) is 23.5 Å². The number of hydrogen-bond donors (Lipinski definition) is 0. The molecule has 0 saturated heterocycles. The average molecular weight is 362 g/mol. The van der Waals surface area contributed by atoms with Crippen molar-refractivity contribution in [3.8, 4) is 0 Å².